The molecule has 2 heterocycles. The third kappa shape index (κ3) is 2.98. The van der Waals surface area contributed by atoms with E-state index in [4.69, 9.17) is 0 Å². The topological polar surface area (TPSA) is 55.2 Å². The second kappa shape index (κ2) is 7.78. The van der Waals surface area contributed by atoms with E-state index in [1.54, 1.807) is 12.3 Å². The summed E-state index contributed by atoms with van der Waals surface area (Å²) in [6.07, 6.45) is 2.12. The number of hydrogen-bond donors (Lipinski definition) is 0. The van der Waals surface area contributed by atoms with Gasteiger partial charge >= 0.3 is 0 Å². The number of aromatic nitrogens is 2. The van der Waals surface area contributed by atoms with Gasteiger partial charge in [0.25, 0.3) is 5.91 Å². The molecule has 156 valence electrons. The molecule has 0 aliphatic rings. The number of rotatable bonds is 4. The predicted octanol–water partition coefficient (Wildman–Crippen LogP) is 5.60. The molecule has 2 aromatic heterocycles. The maximum atomic E-state index is 13.8. The SMILES string of the molecule is Cc1cccnc1N(C=O)C(=O)c1c(C)cccc1-n1c2ccccc2c2ccccc21. The van der Waals surface area contributed by atoms with E-state index in [0.717, 1.165) is 43.5 Å². The Bertz CT molecular complexity index is 1450. The number of carbonyl (C=O) groups is 2. The molecule has 32 heavy (non-hydrogen) atoms. The zero-order valence-corrected chi connectivity index (χ0v) is 17.8. The number of amides is 2. The van der Waals surface area contributed by atoms with Crippen molar-refractivity contribution in [3.63, 3.8) is 0 Å². The second-order valence-corrected chi connectivity index (χ2v) is 7.76. The molecule has 5 aromatic rings. The summed E-state index contributed by atoms with van der Waals surface area (Å²) in [5.74, 6) is -0.0688. The van der Waals surface area contributed by atoms with E-state index < -0.39 is 5.91 Å². The lowest BCUT2D eigenvalue weighted by Gasteiger charge is -2.21. The summed E-state index contributed by atoms with van der Waals surface area (Å²) in [6.45, 7) is 3.72. The van der Waals surface area contributed by atoms with Gasteiger partial charge in [-0.2, -0.15) is 0 Å². The Morgan fingerprint density at radius 3 is 2.06 bits per heavy atom. The molecule has 0 saturated heterocycles. The molecule has 0 bridgehead atoms. The van der Waals surface area contributed by atoms with Gasteiger partial charge in [0.05, 0.1) is 22.3 Å². The molecule has 5 heteroatoms. The molecular formula is C27H21N3O2. The van der Waals surface area contributed by atoms with Crippen molar-refractivity contribution in [3.8, 4) is 5.69 Å². The molecule has 2 amide bonds. The fourth-order valence-corrected chi connectivity index (χ4v) is 4.34. The number of benzene rings is 3. The van der Waals surface area contributed by atoms with Gasteiger partial charge in [0, 0.05) is 17.0 Å². The predicted molar refractivity (Wildman–Crippen MR) is 127 cm³/mol. The van der Waals surface area contributed by atoms with Crippen LogP contribution in [0.1, 0.15) is 21.5 Å². The summed E-state index contributed by atoms with van der Waals surface area (Å²) in [4.78, 5) is 31.2. The summed E-state index contributed by atoms with van der Waals surface area (Å²) < 4.78 is 2.10. The quantitative estimate of drug-likeness (QED) is 0.356. The minimum atomic E-state index is -0.406. The molecule has 0 N–H and O–H groups in total. The number of para-hydroxylation sites is 2. The van der Waals surface area contributed by atoms with Gasteiger partial charge in [0.2, 0.25) is 6.41 Å². The highest BCUT2D eigenvalue weighted by Crippen LogP contribution is 2.34. The van der Waals surface area contributed by atoms with Crippen LogP contribution in [0.5, 0.6) is 0 Å². The van der Waals surface area contributed by atoms with E-state index in [0.29, 0.717) is 17.8 Å². The largest absolute Gasteiger partial charge is 0.308 e. The summed E-state index contributed by atoms with van der Waals surface area (Å²) in [6, 6.07) is 25.6. The zero-order chi connectivity index (χ0) is 22.2. The van der Waals surface area contributed by atoms with Crippen LogP contribution in [0, 0.1) is 13.8 Å². The Morgan fingerprint density at radius 1 is 0.812 bits per heavy atom. The fourth-order valence-electron chi connectivity index (χ4n) is 4.34. The summed E-state index contributed by atoms with van der Waals surface area (Å²) in [7, 11) is 0. The molecule has 3 aromatic carbocycles. The molecule has 5 rings (SSSR count). The highest BCUT2D eigenvalue weighted by molar-refractivity contribution is 6.18. The Balaban J connectivity index is 1.79. The first-order valence-electron chi connectivity index (χ1n) is 10.4. The van der Waals surface area contributed by atoms with E-state index in [1.807, 2.05) is 74.5 Å². The lowest BCUT2D eigenvalue weighted by Crippen LogP contribution is -2.32. The van der Waals surface area contributed by atoms with E-state index in [-0.39, 0.29) is 0 Å². The Labute approximate surface area is 185 Å². The van der Waals surface area contributed by atoms with Gasteiger partial charge in [-0.1, -0.05) is 54.6 Å². The van der Waals surface area contributed by atoms with Gasteiger partial charge in [0.15, 0.2) is 0 Å². The molecule has 0 atom stereocenters. The lowest BCUT2D eigenvalue weighted by atomic mass is 10.0. The average molecular weight is 419 g/mol. The van der Waals surface area contributed by atoms with Crippen LogP contribution in [0.15, 0.2) is 85.1 Å². The van der Waals surface area contributed by atoms with Crippen molar-refractivity contribution in [1.82, 2.24) is 9.55 Å². The fraction of sp³-hybridized carbons (Fsp3) is 0.0741. The van der Waals surface area contributed by atoms with Gasteiger partial charge in [-0.3, -0.25) is 9.59 Å². The molecule has 0 spiro atoms. The van der Waals surface area contributed by atoms with Crippen molar-refractivity contribution in [3.05, 3.63) is 102 Å². The first kappa shape index (κ1) is 19.7. The standard InChI is InChI=1S/C27H21N3O2/c1-18-9-7-15-24(25(18)27(32)29(17-31)26-19(2)10-8-16-28-26)30-22-13-5-3-11-20(22)21-12-4-6-14-23(21)30/h3-17H,1-2H3. The molecule has 0 radical (unpaired) electrons. The number of carbonyl (C=O) groups excluding carboxylic acids is 2. The third-order valence-corrected chi connectivity index (χ3v) is 5.82. The van der Waals surface area contributed by atoms with E-state index >= 15 is 0 Å². The molecule has 5 nitrogen and oxygen atoms in total. The maximum Gasteiger partial charge on any atom is 0.268 e. The number of nitrogens with zero attached hydrogens (tertiary/aromatic N) is 3. The van der Waals surface area contributed by atoms with E-state index in [2.05, 4.69) is 21.7 Å². The van der Waals surface area contributed by atoms with Crippen LogP contribution in [0.2, 0.25) is 0 Å². The normalized spacial score (nSPS) is 11.1. The van der Waals surface area contributed by atoms with Crippen LogP contribution in [0.3, 0.4) is 0 Å². The van der Waals surface area contributed by atoms with Crippen LogP contribution in [-0.4, -0.2) is 21.9 Å². The molecule has 0 aliphatic carbocycles. The number of fused-ring (bicyclic) bond motifs is 3. The monoisotopic (exact) mass is 419 g/mol. The Kier molecular flexibility index (Phi) is 4.79. The number of imide groups is 1. The van der Waals surface area contributed by atoms with E-state index in [1.165, 1.54) is 0 Å². The van der Waals surface area contributed by atoms with Crippen molar-refractivity contribution < 1.29 is 9.59 Å². The average Bonchev–Trinajstić information content (AvgIpc) is 3.15. The van der Waals surface area contributed by atoms with Crippen LogP contribution < -0.4 is 4.90 Å². The maximum absolute atomic E-state index is 13.8. The van der Waals surface area contributed by atoms with Crippen molar-refractivity contribution in [2.75, 3.05) is 4.90 Å². The highest BCUT2D eigenvalue weighted by Gasteiger charge is 2.26. The second-order valence-electron chi connectivity index (χ2n) is 7.76. The van der Waals surface area contributed by atoms with Crippen LogP contribution in [0.4, 0.5) is 5.82 Å². The molecule has 0 unspecified atom stereocenters. The van der Waals surface area contributed by atoms with Crippen molar-refractivity contribution in [2.45, 2.75) is 13.8 Å². The first-order chi connectivity index (χ1) is 15.6. The van der Waals surface area contributed by atoms with Crippen molar-refractivity contribution in [2.24, 2.45) is 0 Å². The van der Waals surface area contributed by atoms with E-state index in [9.17, 15) is 9.59 Å². The third-order valence-electron chi connectivity index (χ3n) is 5.82. The van der Waals surface area contributed by atoms with Crippen LogP contribution >= 0.6 is 0 Å². The number of aryl methyl sites for hydroxylation is 2. The van der Waals surface area contributed by atoms with Crippen LogP contribution in [0.25, 0.3) is 27.5 Å². The van der Waals surface area contributed by atoms with Gasteiger partial charge in [-0.05, 0) is 49.2 Å². The molecular weight excluding hydrogens is 398 g/mol. The molecule has 0 aliphatic heterocycles. The highest BCUT2D eigenvalue weighted by atomic mass is 16.2. The van der Waals surface area contributed by atoms with Crippen LogP contribution in [-0.2, 0) is 4.79 Å². The van der Waals surface area contributed by atoms with Gasteiger partial charge in [0.1, 0.15) is 5.82 Å². The Morgan fingerprint density at radius 2 is 1.44 bits per heavy atom. The van der Waals surface area contributed by atoms with Crippen molar-refractivity contribution >= 4 is 39.9 Å². The smallest absolute Gasteiger partial charge is 0.268 e. The number of pyridine rings is 1. The van der Waals surface area contributed by atoms with Gasteiger partial charge in [-0.25, -0.2) is 9.88 Å². The summed E-state index contributed by atoms with van der Waals surface area (Å²) in [5.41, 5.74) is 4.73. The van der Waals surface area contributed by atoms with Gasteiger partial charge < -0.3 is 4.57 Å². The zero-order valence-electron chi connectivity index (χ0n) is 17.8. The number of hydrogen-bond acceptors (Lipinski definition) is 3. The molecule has 0 saturated carbocycles. The van der Waals surface area contributed by atoms with Crippen molar-refractivity contribution in [1.29, 1.82) is 0 Å². The Hall–Kier alpha value is -4.25. The lowest BCUT2D eigenvalue weighted by molar-refractivity contribution is -0.107. The minimum Gasteiger partial charge on any atom is -0.308 e. The summed E-state index contributed by atoms with van der Waals surface area (Å²) >= 11 is 0. The minimum absolute atomic E-state index is 0.337. The number of anilines is 1. The molecule has 0 fully saturated rings. The van der Waals surface area contributed by atoms with Gasteiger partial charge in [-0.15, -0.1) is 0 Å². The first-order valence-corrected chi connectivity index (χ1v) is 10.4. The summed E-state index contributed by atoms with van der Waals surface area (Å²) in [5, 5.41) is 2.21.